The van der Waals surface area contributed by atoms with Crippen LogP contribution in [0.25, 0.3) is 11.3 Å². The number of aromatic nitrogens is 3. The Labute approximate surface area is 185 Å². The van der Waals surface area contributed by atoms with Crippen LogP contribution in [0.5, 0.6) is 0 Å². The largest absolute Gasteiger partial charge is 2.00 e. The van der Waals surface area contributed by atoms with Crippen molar-refractivity contribution in [1.29, 1.82) is 0 Å². The van der Waals surface area contributed by atoms with E-state index in [9.17, 15) is 0 Å². The Bertz CT molecular complexity index is 730. The molecule has 0 saturated carbocycles. The number of pyridine rings is 1. The summed E-state index contributed by atoms with van der Waals surface area (Å²) in [5, 5.41) is 6.69. The molecule has 154 valence electrons. The summed E-state index contributed by atoms with van der Waals surface area (Å²) in [6.07, 6.45) is 7.42. The van der Waals surface area contributed by atoms with Crippen molar-refractivity contribution in [2.45, 2.75) is 54.9 Å². The molecule has 28 heavy (non-hydrogen) atoms. The third-order valence-electron chi connectivity index (χ3n) is 4.05. The molecule has 0 aliphatic carbocycles. The van der Waals surface area contributed by atoms with E-state index < -0.39 is 0 Å². The molecule has 5 nitrogen and oxygen atoms in total. The van der Waals surface area contributed by atoms with E-state index in [-0.39, 0.29) is 33.4 Å². The number of hydrogen-bond donors (Lipinski definition) is 3. The van der Waals surface area contributed by atoms with Crippen molar-refractivity contribution in [3.05, 3.63) is 70.7 Å². The van der Waals surface area contributed by atoms with Gasteiger partial charge in [0.2, 0.25) is 0 Å². The average molecular weight is 553 g/mol. The number of nitrogens with zero attached hydrogens (tertiary/aromatic N) is 2. The Hall–Kier alpha value is -1.81. The average Bonchev–Trinajstić information content (AvgIpc) is 3.15. The number of nitrogens with one attached hydrogen (secondary N) is 1. The van der Waals surface area contributed by atoms with Crippen LogP contribution in [0, 0.1) is 46.9 Å². The van der Waals surface area contributed by atoms with Gasteiger partial charge in [0.25, 0.3) is 0 Å². The molecule has 2 aromatic heterocycles. The molecular weight excluding hydrogens is 518 g/mol. The molecule has 0 aliphatic heterocycles. The SMILES string of the molecule is CCC.Cc1[c-]c(C)c(C)c(C)c1C.N.N.[W+2].[c-]1ccc(-c2ccn[nH]2)cn1. The third kappa shape index (κ3) is 9.40. The van der Waals surface area contributed by atoms with Crippen molar-refractivity contribution < 1.29 is 21.1 Å². The Morgan fingerprint density at radius 1 is 0.893 bits per heavy atom. The smallest absolute Gasteiger partial charge is 0.394 e. The van der Waals surface area contributed by atoms with Gasteiger partial charge in [-0.25, -0.2) is 0 Å². The molecule has 6 heteroatoms. The molecule has 2 heterocycles. The van der Waals surface area contributed by atoms with Crippen molar-refractivity contribution in [3.63, 3.8) is 0 Å². The number of rotatable bonds is 1. The zero-order valence-corrected chi connectivity index (χ0v) is 21.2. The van der Waals surface area contributed by atoms with Crippen LogP contribution in [0.2, 0.25) is 0 Å². The topological polar surface area (TPSA) is 112 Å². The second kappa shape index (κ2) is 16.2. The summed E-state index contributed by atoms with van der Waals surface area (Å²) in [4.78, 5) is 3.87. The first kappa shape index (κ1) is 30.9. The first-order valence-corrected chi connectivity index (χ1v) is 8.70. The molecule has 0 aliphatic rings. The number of H-pyrrole nitrogens is 1. The quantitative estimate of drug-likeness (QED) is 0.319. The van der Waals surface area contributed by atoms with Crippen LogP contribution in [0.15, 0.2) is 30.6 Å². The number of benzene rings is 1. The molecule has 0 spiro atoms. The van der Waals surface area contributed by atoms with E-state index in [0.717, 1.165) is 11.3 Å². The van der Waals surface area contributed by atoms with Crippen LogP contribution < -0.4 is 12.3 Å². The first-order valence-electron chi connectivity index (χ1n) is 8.70. The van der Waals surface area contributed by atoms with Crippen molar-refractivity contribution >= 4 is 0 Å². The first-order chi connectivity index (χ1) is 11.9. The van der Waals surface area contributed by atoms with E-state index in [1.54, 1.807) is 18.5 Å². The van der Waals surface area contributed by atoms with Gasteiger partial charge in [-0.1, -0.05) is 72.8 Å². The summed E-state index contributed by atoms with van der Waals surface area (Å²) in [5.41, 5.74) is 8.75. The second-order valence-electron chi connectivity index (χ2n) is 6.10. The fraction of sp³-hybridized carbons (Fsp3) is 0.364. The normalized spacial score (nSPS) is 8.54. The summed E-state index contributed by atoms with van der Waals surface area (Å²) in [6.45, 7) is 15.0. The molecule has 0 unspecified atom stereocenters. The van der Waals surface area contributed by atoms with Crippen LogP contribution in [-0.4, -0.2) is 15.2 Å². The predicted molar refractivity (Wildman–Crippen MR) is 116 cm³/mol. The van der Waals surface area contributed by atoms with Gasteiger partial charge in [-0.2, -0.15) is 51.1 Å². The monoisotopic (exact) mass is 553 g/mol. The summed E-state index contributed by atoms with van der Waals surface area (Å²) in [7, 11) is 0. The van der Waals surface area contributed by atoms with Crippen molar-refractivity contribution in [1.82, 2.24) is 27.5 Å². The molecule has 0 radical (unpaired) electrons. The Kier molecular flexibility index (Phi) is 17.8. The van der Waals surface area contributed by atoms with Gasteiger partial charge in [0.1, 0.15) is 0 Å². The molecular formula is C22H35N5W. The Morgan fingerprint density at radius 3 is 1.82 bits per heavy atom. The molecule has 0 saturated heterocycles. The Balaban J connectivity index is -0.000000358. The summed E-state index contributed by atoms with van der Waals surface area (Å²) >= 11 is 0. The van der Waals surface area contributed by atoms with E-state index in [4.69, 9.17) is 0 Å². The van der Waals surface area contributed by atoms with Gasteiger partial charge in [0.15, 0.2) is 0 Å². The zero-order chi connectivity index (χ0) is 18.8. The van der Waals surface area contributed by atoms with Gasteiger partial charge in [0, 0.05) is 11.9 Å². The molecule has 3 rings (SSSR count). The molecule has 0 atom stereocenters. The minimum atomic E-state index is 0. The molecule has 7 N–H and O–H groups in total. The summed E-state index contributed by atoms with van der Waals surface area (Å²) < 4.78 is 0. The van der Waals surface area contributed by atoms with Crippen LogP contribution in [0.4, 0.5) is 0 Å². The molecule has 0 fully saturated rings. The van der Waals surface area contributed by atoms with Gasteiger partial charge < -0.3 is 17.3 Å². The minimum Gasteiger partial charge on any atom is -0.394 e. The van der Waals surface area contributed by atoms with E-state index in [2.05, 4.69) is 75.9 Å². The number of aryl methyl sites for hydroxylation is 2. The maximum absolute atomic E-state index is 3.87. The summed E-state index contributed by atoms with van der Waals surface area (Å²) in [6, 6.07) is 8.95. The fourth-order valence-electron chi connectivity index (χ4n) is 2.21. The maximum atomic E-state index is 3.87. The van der Waals surface area contributed by atoms with Gasteiger partial charge in [-0.05, 0) is 6.07 Å². The van der Waals surface area contributed by atoms with Crippen molar-refractivity contribution in [2.24, 2.45) is 0 Å². The third-order valence-corrected chi connectivity index (χ3v) is 4.05. The van der Waals surface area contributed by atoms with Crippen LogP contribution in [-0.2, 0) is 21.1 Å². The molecule has 1 aromatic carbocycles. The minimum absolute atomic E-state index is 0. The predicted octanol–water partition coefficient (Wildman–Crippen LogP) is 6.04. The van der Waals surface area contributed by atoms with E-state index >= 15 is 0 Å². The van der Waals surface area contributed by atoms with E-state index in [1.165, 1.54) is 34.2 Å². The van der Waals surface area contributed by atoms with Crippen LogP contribution >= 0.6 is 0 Å². The zero-order valence-electron chi connectivity index (χ0n) is 18.3. The van der Waals surface area contributed by atoms with E-state index in [0.29, 0.717) is 0 Å². The number of aromatic amines is 1. The summed E-state index contributed by atoms with van der Waals surface area (Å²) in [5.74, 6) is 0. The van der Waals surface area contributed by atoms with Crippen molar-refractivity contribution in [3.8, 4) is 11.3 Å². The van der Waals surface area contributed by atoms with Gasteiger partial charge >= 0.3 is 21.1 Å². The maximum Gasteiger partial charge on any atom is 2.00 e. The van der Waals surface area contributed by atoms with Crippen LogP contribution in [0.1, 0.15) is 48.1 Å². The molecule has 0 amide bonds. The van der Waals surface area contributed by atoms with Crippen molar-refractivity contribution in [2.75, 3.05) is 0 Å². The molecule has 0 bridgehead atoms. The van der Waals surface area contributed by atoms with E-state index in [1.807, 2.05) is 12.1 Å². The fourth-order valence-corrected chi connectivity index (χ4v) is 2.21. The van der Waals surface area contributed by atoms with Gasteiger partial charge in [-0.15, -0.1) is 0 Å². The van der Waals surface area contributed by atoms with Gasteiger partial charge in [-0.3, -0.25) is 5.10 Å². The molecule has 3 aromatic rings. The number of hydrogen-bond acceptors (Lipinski definition) is 4. The standard InChI is InChI=1S/C11H15.C8H6N3.C3H8.2H3N.W/c1-7-6-8(2)10(4)11(5)9(7)3;1-2-7(6-9-4-1)8-3-5-10-11-8;1-3-2;;;/h1-5H3;1-3,5-6H,(H,10,11);3H2,1-2H3;2*1H3;/q2*-1;;;;+2. The second-order valence-corrected chi connectivity index (χ2v) is 6.10. The Morgan fingerprint density at radius 2 is 1.43 bits per heavy atom. The van der Waals surface area contributed by atoms with Gasteiger partial charge in [0.05, 0.1) is 0 Å². The van der Waals surface area contributed by atoms with Crippen LogP contribution in [0.3, 0.4) is 0 Å².